The molecule has 0 aliphatic carbocycles. The van der Waals surface area contributed by atoms with E-state index in [4.69, 9.17) is 4.74 Å². The number of nitrogens with zero attached hydrogens (tertiary/aromatic N) is 1. The molecule has 104 valence electrons. The Morgan fingerprint density at radius 3 is 2.39 bits per heavy atom. The fourth-order valence-electron chi connectivity index (χ4n) is 1.09. The predicted octanol–water partition coefficient (Wildman–Crippen LogP) is 0.357. The second-order valence-electron chi connectivity index (χ2n) is 4.26. The first-order valence-electron chi connectivity index (χ1n) is 5.92. The van der Waals surface area contributed by atoms with Gasteiger partial charge in [0.1, 0.15) is 6.61 Å². The second kappa shape index (κ2) is 9.47. The smallest absolute Gasteiger partial charge is 0.333 e. The molecule has 0 aliphatic heterocycles. The van der Waals surface area contributed by atoms with Gasteiger partial charge in [0.2, 0.25) is 0 Å². The lowest BCUT2D eigenvalue weighted by Crippen LogP contribution is -2.38. The third-order valence-corrected chi connectivity index (χ3v) is 2.04. The average molecular weight is 257 g/mol. The first kappa shape index (κ1) is 16.4. The molecule has 0 fully saturated rings. The Bertz CT molecular complexity index is 290. The minimum atomic E-state index is -0.441. The minimum Gasteiger partial charge on any atom is -0.460 e. The Labute approximate surface area is 108 Å². The number of ether oxygens (including phenoxy) is 1. The van der Waals surface area contributed by atoms with Crippen molar-refractivity contribution in [1.82, 2.24) is 15.5 Å². The van der Waals surface area contributed by atoms with E-state index < -0.39 is 5.97 Å². The molecule has 0 saturated heterocycles. The van der Waals surface area contributed by atoms with Crippen LogP contribution in [0.5, 0.6) is 0 Å². The van der Waals surface area contributed by atoms with Crippen LogP contribution in [0.2, 0.25) is 0 Å². The Hall–Kier alpha value is -1.56. The molecule has 0 unspecified atom stereocenters. The predicted molar refractivity (Wildman–Crippen MR) is 70.3 cm³/mol. The van der Waals surface area contributed by atoms with Crippen molar-refractivity contribution < 1.29 is 14.3 Å². The zero-order valence-corrected chi connectivity index (χ0v) is 11.4. The van der Waals surface area contributed by atoms with Crippen molar-refractivity contribution in [3.05, 3.63) is 12.2 Å². The van der Waals surface area contributed by atoms with Crippen molar-refractivity contribution in [2.24, 2.45) is 0 Å². The van der Waals surface area contributed by atoms with Crippen molar-refractivity contribution in [3.63, 3.8) is 0 Å². The van der Waals surface area contributed by atoms with Crippen LogP contribution in [-0.2, 0) is 9.53 Å². The molecule has 0 saturated carbocycles. The van der Waals surface area contributed by atoms with E-state index in [9.17, 15) is 9.59 Å². The molecule has 2 amide bonds. The van der Waals surface area contributed by atoms with Crippen LogP contribution in [0.4, 0.5) is 4.79 Å². The molecule has 6 heteroatoms. The van der Waals surface area contributed by atoms with Crippen LogP contribution in [0.15, 0.2) is 12.2 Å². The number of carbonyl (C=O) groups is 2. The topological polar surface area (TPSA) is 70.7 Å². The quantitative estimate of drug-likeness (QED) is 0.374. The normalized spacial score (nSPS) is 10.0. The van der Waals surface area contributed by atoms with Crippen molar-refractivity contribution in [2.75, 3.05) is 40.3 Å². The van der Waals surface area contributed by atoms with E-state index in [1.807, 2.05) is 14.1 Å². The molecule has 0 bridgehead atoms. The third-order valence-electron chi connectivity index (χ3n) is 2.04. The van der Waals surface area contributed by atoms with E-state index >= 15 is 0 Å². The maximum absolute atomic E-state index is 11.3. The number of hydrogen-bond donors (Lipinski definition) is 2. The van der Waals surface area contributed by atoms with Gasteiger partial charge in [-0.3, -0.25) is 0 Å². The monoisotopic (exact) mass is 257 g/mol. The maximum atomic E-state index is 11.3. The molecule has 6 nitrogen and oxygen atoms in total. The van der Waals surface area contributed by atoms with Gasteiger partial charge >= 0.3 is 12.0 Å². The van der Waals surface area contributed by atoms with Gasteiger partial charge in [-0.05, 0) is 34.0 Å². The van der Waals surface area contributed by atoms with Gasteiger partial charge in [0.25, 0.3) is 0 Å². The Morgan fingerprint density at radius 1 is 1.22 bits per heavy atom. The fourth-order valence-corrected chi connectivity index (χ4v) is 1.09. The minimum absolute atomic E-state index is 0.150. The molecule has 0 aromatic heterocycles. The number of carbonyl (C=O) groups excluding carboxylic acids is 2. The number of nitrogens with one attached hydrogen (secondary N) is 2. The van der Waals surface area contributed by atoms with E-state index in [-0.39, 0.29) is 12.6 Å². The van der Waals surface area contributed by atoms with Crippen LogP contribution in [0.1, 0.15) is 13.3 Å². The lowest BCUT2D eigenvalue weighted by atomic mass is 10.4. The van der Waals surface area contributed by atoms with Gasteiger partial charge in [0, 0.05) is 12.1 Å². The van der Waals surface area contributed by atoms with Gasteiger partial charge in [0.15, 0.2) is 0 Å². The summed E-state index contributed by atoms with van der Waals surface area (Å²) in [6.45, 7) is 7.02. The number of urea groups is 1. The summed E-state index contributed by atoms with van der Waals surface area (Å²) in [6, 6.07) is -0.250. The van der Waals surface area contributed by atoms with Crippen LogP contribution >= 0.6 is 0 Å². The van der Waals surface area contributed by atoms with Crippen LogP contribution in [0, 0.1) is 0 Å². The van der Waals surface area contributed by atoms with E-state index in [0.717, 1.165) is 13.0 Å². The summed E-state index contributed by atoms with van der Waals surface area (Å²) in [4.78, 5) is 24.3. The summed E-state index contributed by atoms with van der Waals surface area (Å²) in [5, 5.41) is 5.31. The molecule has 2 N–H and O–H groups in total. The second-order valence-corrected chi connectivity index (χ2v) is 4.26. The van der Waals surface area contributed by atoms with Crippen LogP contribution < -0.4 is 10.6 Å². The summed E-state index contributed by atoms with van der Waals surface area (Å²) in [6.07, 6.45) is 0.894. The molecular weight excluding hydrogens is 234 g/mol. The lowest BCUT2D eigenvalue weighted by molar-refractivity contribution is -0.138. The highest BCUT2D eigenvalue weighted by Gasteiger charge is 2.03. The largest absolute Gasteiger partial charge is 0.460 e. The molecule has 0 atom stereocenters. The summed E-state index contributed by atoms with van der Waals surface area (Å²) in [7, 11) is 3.96. The molecular formula is C12H23N3O3. The Morgan fingerprint density at radius 2 is 1.83 bits per heavy atom. The van der Waals surface area contributed by atoms with Crippen molar-refractivity contribution in [3.8, 4) is 0 Å². The average Bonchev–Trinajstić information content (AvgIpc) is 2.29. The molecule has 0 heterocycles. The highest BCUT2D eigenvalue weighted by atomic mass is 16.5. The molecule has 0 rings (SSSR count). The van der Waals surface area contributed by atoms with Gasteiger partial charge in [0.05, 0.1) is 6.54 Å². The maximum Gasteiger partial charge on any atom is 0.333 e. The molecule has 0 aliphatic rings. The zero-order chi connectivity index (χ0) is 14.0. The SMILES string of the molecule is C=C(C)C(=O)OCCNC(=O)NCCCN(C)C. The number of esters is 1. The van der Waals surface area contributed by atoms with E-state index in [1.165, 1.54) is 0 Å². The van der Waals surface area contributed by atoms with Crippen LogP contribution in [0.3, 0.4) is 0 Å². The number of hydrogen-bond acceptors (Lipinski definition) is 4. The molecule has 18 heavy (non-hydrogen) atoms. The van der Waals surface area contributed by atoms with E-state index in [1.54, 1.807) is 6.92 Å². The fraction of sp³-hybridized carbons (Fsp3) is 0.667. The third kappa shape index (κ3) is 9.65. The van der Waals surface area contributed by atoms with Gasteiger partial charge < -0.3 is 20.3 Å². The van der Waals surface area contributed by atoms with Crippen LogP contribution in [-0.4, -0.2) is 57.2 Å². The van der Waals surface area contributed by atoms with Gasteiger partial charge in [-0.15, -0.1) is 0 Å². The number of rotatable bonds is 8. The van der Waals surface area contributed by atoms with Gasteiger partial charge in [-0.2, -0.15) is 0 Å². The van der Waals surface area contributed by atoms with E-state index in [2.05, 4.69) is 22.1 Å². The van der Waals surface area contributed by atoms with Crippen LogP contribution in [0.25, 0.3) is 0 Å². The highest BCUT2D eigenvalue weighted by Crippen LogP contribution is 1.90. The molecule has 0 aromatic carbocycles. The standard InChI is InChI=1S/C12H23N3O3/c1-10(2)11(16)18-9-7-14-12(17)13-6-5-8-15(3)4/h1,5-9H2,2-4H3,(H2,13,14,17). The van der Waals surface area contributed by atoms with Gasteiger partial charge in [-0.25, -0.2) is 9.59 Å². The first-order valence-corrected chi connectivity index (χ1v) is 5.92. The first-order chi connectivity index (χ1) is 8.43. The Kier molecular flexibility index (Phi) is 8.65. The molecule has 0 aromatic rings. The van der Waals surface area contributed by atoms with Crippen molar-refractivity contribution in [1.29, 1.82) is 0 Å². The zero-order valence-electron chi connectivity index (χ0n) is 11.4. The lowest BCUT2D eigenvalue weighted by Gasteiger charge is -2.10. The summed E-state index contributed by atoms with van der Waals surface area (Å²) >= 11 is 0. The highest BCUT2D eigenvalue weighted by molar-refractivity contribution is 5.86. The Balaban J connectivity index is 3.43. The van der Waals surface area contributed by atoms with E-state index in [0.29, 0.717) is 18.7 Å². The van der Waals surface area contributed by atoms with Gasteiger partial charge in [-0.1, -0.05) is 6.58 Å². The van der Waals surface area contributed by atoms with Crippen molar-refractivity contribution in [2.45, 2.75) is 13.3 Å². The molecule has 0 spiro atoms. The van der Waals surface area contributed by atoms with Crippen molar-refractivity contribution >= 4 is 12.0 Å². The summed E-state index contributed by atoms with van der Waals surface area (Å²) < 4.78 is 4.82. The molecule has 0 radical (unpaired) electrons. The summed E-state index contributed by atoms with van der Waals surface area (Å²) in [5.41, 5.74) is 0.350. The summed E-state index contributed by atoms with van der Waals surface area (Å²) in [5.74, 6) is -0.441. The number of amides is 2.